The standard InChI is InChI=1S/C13H18BrN/c1-9-5-6-11(14)12(10(9)2)13(15)7-3-4-8-13/h5-6H,3-4,7-8,15H2,1-2H3. The first kappa shape index (κ1) is 11.2. The first-order chi connectivity index (χ1) is 7.04. The average Bonchev–Trinajstić information content (AvgIpc) is 2.60. The lowest BCUT2D eigenvalue weighted by molar-refractivity contribution is 0.456. The van der Waals surface area contributed by atoms with Crippen LogP contribution in [-0.4, -0.2) is 0 Å². The number of aryl methyl sites for hydroxylation is 1. The van der Waals surface area contributed by atoms with Crippen molar-refractivity contribution in [3.8, 4) is 0 Å². The Bertz CT molecular complexity index is 378. The van der Waals surface area contributed by atoms with Gasteiger partial charge in [0.15, 0.2) is 0 Å². The summed E-state index contributed by atoms with van der Waals surface area (Å²) < 4.78 is 1.18. The monoisotopic (exact) mass is 267 g/mol. The topological polar surface area (TPSA) is 26.0 Å². The molecule has 2 N–H and O–H groups in total. The zero-order chi connectivity index (χ0) is 11.1. The number of hydrogen-bond donors (Lipinski definition) is 1. The smallest absolute Gasteiger partial charge is 0.0423 e. The number of hydrogen-bond acceptors (Lipinski definition) is 1. The van der Waals surface area contributed by atoms with Crippen LogP contribution in [0.25, 0.3) is 0 Å². The van der Waals surface area contributed by atoms with Crippen molar-refractivity contribution < 1.29 is 0 Å². The Kier molecular flexibility index (Phi) is 2.91. The molecule has 0 atom stereocenters. The van der Waals surface area contributed by atoms with Crippen molar-refractivity contribution in [2.45, 2.75) is 45.1 Å². The third-order valence-electron chi connectivity index (χ3n) is 3.68. The molecule has 2 rings (SSSR count). The fourth-order valence-electron chi connectivity index (χ4n) is 2.65. The summed E-state index contributed by atoms with van der Waals surface area (Å²) in [4.78, 5) is 0. The van der Waals surface area contributed by atoms with Crippen molar-refractivity contribution in [3.63, 3.8) is 0 Å². The molecule has 15 heavy (non-hydrogen) atoms. The van der Waals surface area contributed by atoms with Gasteiger partial charge in [-0.3, -0.25) is 0 Å². The van der Waals surface area contributed by atoms with Crippen LogP contribution in [0, 0.1) is 13.8 Å². The highest BCUT2D eigenvalue weighted by atomic mass is 79.9. The van der Waals surface area contributed by atoms with Gasteiger partial charge in [-0.25, -0.2) is 0 Å². The van der Waals surface area contributed by atoms with Gasteiger partial charge in [-0.15, -0.1) is 0 Å². The van der Waals surface area contributed by atoms with Gasteiger partial charge >= 0.3 is 0 Å². The Balaban J connectivity index is 2.55. The van der Waals surface area contributed by atoms with Gasteiger partial charge in [0.05, 0.1) is 0 Å². The molecule has 1 aromatic carbocycles. The van der Waals surface area contributed by atoms with Crippen LogP contribution in [-0.2, 0) is 5.54 Å². The van der Waals surface area contributed by atoms with Gasteiger partial charge < -0.3 is 5.73 Å². The summed E-state index contributed by atoms with van der Waals surface area (Å²) in [5, 5.41) is 0. The lowest BCUT2D eigenvalue weighted by Crippen LogP contribution is -2.34. The molecule has 0 heterocycles. The van der Waals surface area contributed by atoms with Crippen LogP contribution in [0.1, 0.15) is 42.4 Å². The maximum atomic E-state index is 6.52. The SMILES string of the molecule is Cc1ccc(Br)c(C2(N)CCCC2)c1C. The minimum atomic E-state index is -0.0884. The normalized spacial score (nSPS) is 19.5. The summed E-state index contributed by atoms with van der Waals surface area (Å²) in [6.45, 7) is 4.34. The van der Waals surface area contributed by atoms with Crippen LogP contribution < -0.4 is 5.73 Å². The molecule has 0 spiro atoms. The molecule has 0 amide bonds. The third kappa shape index (κ3) is 1.85. The minimum Gasteiger partial charge on any atom is -0.321 e. The van der Waals surface area contributed by atoms with Gasteiger partial charge in [-0.2, -0.15) is 0 Å². The highest BCUT2D eigenvalue weighted by Crippen LogP contribution is 2.41. The number of nitrogens with two attached hydrogens (primary N) is 1. The van der Waals surface area contributed by atoms with Crippen LogP contribution in [0.3, 0.4) is 0 Å². The molecule has 0 saturated heterocycles. The first-order valence-corrected chi connectivity index (χ1v) is 6.39. The maximum absolute atomic E-state index is 6.52. The number of rotatable bonds is 1. The Morgan fingerprint density at radius 3 is 2.40 bits per heavy atom. The second-order valence-corrected chi connectivity index (χ2v) is 5.58. The lowest BCUT2D eigenvalue weighted by atomic mass is 9.85. The summed E-state index contributed by atoms with van der Waals surface area (Å²) in [6.07, 6.45) is 4.76. The van der Waals surface area contributed by atoms with Gasteiger partial charge in [0, 0.05) is 10.0 Å². The van der Waals surface area contributed by atoms with Crippen LogP contribution >= 0.6 is 15.9 Å². The van der Waals surface area contributed by atoms with E-state index >= 15 is 0 Å². The fraction of sp³-hybridized carbons (Fsp3) is 0.538. The highest BCUT2D eigenvalue weighted by Gasteiger charge is 2.34. The van der Waals surface area contributed by atoms with Crippen LogP contribution in [0.4, 0.5) is 0 Å². The van der Waals surface area contributed by atoms with E-state index in [0.717, 1.165) is 12.8 Å². The van der Waals surface area contributed by atoms with E-state index in [-0.39, 0.29) is 5.54 Å². The van der Waals surface area contributed by atoms with Crippen molar-refractivity contribution in [1.82, 2.24) is 0 Å². The zero-order valence-electron chi connectivity index (χ0n) is 9.44. The van der Waals surface area contributed by atoms with Gasteiger partial charge in [0.1, 0.15) is 0 Å². The minimum absolute atomic E-state index is 0.0884. The number of benzene rings is 1. The second-order valence-electron chi connectivity index (χ2n) is 4.73. The maximum Gasteiger partial charge on any atom is 0.0423 e. The van der Waals surface area contributed by atoms with E-state index in [2.05, 4.69) is 41.9 Å². The van der Waals surface area contributed by atoms with Gasteiger partial charge in [0.25, 0.3) is 0 Å². The lowest BCUT2D eigenvalue weighted by Gasteiger charge is -2.28. The molecule has 0 aromatic heterocycles. The van der Waals surface area contributed by atoms with Crippen molar-refractivity contribution in [3.05, 3.63) is 33.3 Å². The van der Waals surface area contributed by atoms with E-state index in [1.807, 2.05) is 0 Å². The van der Waals surface area contributed by atoms with E-state index in [0.29, 0.717) is 0 Å². The molecule has 0 bridgehead atoms. The predicted octanol–water partition coefficient (Wildman–Crippen LogP) is 3.79. The van der Waals surface area contributed by atoms with Gasteiger partial charge in [0.2, 0.25) is 0 Å². The van der Waals surface area contributed by atoms with E-state index < -0.39 is 0 Å². The summed E-state index contributed by atoms with van der Waals surface area (Å²) in [7, 11) is 0. The van der Waals surface area contributed by atoms with E-state index in [1.165, 1.54) is 34.0 Å². The fourth-order valence-corrected chi connectivity index (χ4v) is 3.47. The second kappa shape index (κ2) is 3.91. The van der Waals surface area contributed by atoms with E-state index in [1.54, 1.807) is 0 Å². The Hall–Kier alpha value is -0.340. The molecule has 1 nitrogen and oxygen atoms in total. The molecule has 1 fully saturated rings. The summed E-state index contributed by atoms with van der Waals surface area (Å²) >= 11 is 3.65. The largest absolute Gasteiger partial charge is 0.321 e. The molecule has 1 aliphatic carbocycles. The molecular weight excluding hydrogens is 250 g/mol. The molecule has 1 aliphatic rings. The Morgan fingerprint density at radius 1 is 1.20 bits per heavy atom. The first-order valence-electron chi connectivity index (χ1n) is 5.60. The summed E-state index contributed by atoms with van der Waals surface area (Å²) in [6, 6.07) is 4.28. The Morgan fingerprint density at radius 2 is 1.80 bits per heavy atom. The van der Waals surface area contributed by atoms with Crippen molar-refractivity contribution in [2.75, 3.05) is 0 Å². The highest BCUT2D eigenvalue weighted by molar-refractivity contribution is 9.10. The third-order valence-corrected chi connectivity index (χ3v) is 4.34. The molecular formula is C13H18BrN. The summed E-state index contributed by atoms with van der Waals surface area (Å²) in [5.74, 6) is 0. The average molecular weight is 268 g/mol. The van der Waals surface area contributed by atoms with Gasteiger partial charge in [-0.05, 0) is 49.4 Å². The van der Waals surface area contributed by atoms with Crippen LogP contribution in [0.15, 0.2) is 16.6 Å². The zero-order valence-corrected chi connectivity index (χ0v) is 11.0. The molecule has 82 valence electrons. The van der Waals surface area contributed by atoms with E-state index in [9.17, 15) is 0 Å². The predicted molar refractivity (Wildman–Crippen MR) is 67.9 cm³/mol. The van der Waals surface area contributed by atoms with Crippen molar-refractivity contribution in [2.24, 2.45) is 5.73 Å². The van der Waals surface area contributed by atoms with E-state index in [4.69, 9.17) is 5.73 Å². The molecule has 0 unspecified atom stereocenters. The molecule has 1 aromatic rings. The van der Waals surface area contributed by atoms with Crippen molar-refractivity contribution in [1.29, 1.82) is 0 Å². The summed E-state index contributed by atoms with van der Waals surface area (Å²) in [5.41, 5.74) is 10.5. The van der Waals surface area contributed by atoms with Crippen molar-refractivity contribution >= 4 is 15.9 Å². The van der Waals surface area contributed by atoms with Crippen LogP contribution in [0.5, 0.6) is 0 Å². The Labute approximate surface area is 100 Å². The number of halogens is 1. The van der Waals surface area contributed by atoms with Gasteiger partial charge in [-0.1, -0.05) is 34.8 Å². The molecule has 2 heteroatoms. The van der Waals surface area contributed by atoms with Crippen LogP contribution in [0.2, 0.25) is 0 Å². The quantitative estimate of drug-likeness (QED) is 0.823. The molecule has 1 saturated carbocycles. The molecule has 0 aliphatic heterocycles. The molecule has 0 radical (unpaired) electrons.